The third-order valence-corrected chi connectivity index (χ3v) is 4.23. The Bertz CT molecular complexity index is 903. The van der Waals surface area contributed by atoms with Crippen LogP contribution in [0.3, 0.4) is 0 Å². The summed E-state index contributed by atoms with van der Waals surface area (Å²) in [5.74, 6) is 0.530. The molecular weight excluding hydrogens is 348 g/mol. The lowest BCUT2D eigenvalue weighted by Crippen LogP contribution is -2.10. The first kappa shape index (κ1) is 16.6. The molecule has 0 aliphatic heterocycles. The lowest BCUT2D eigenvalue weighted by molar-refractivity contribution is -0.380. The predicted molar refractivity (Wildman–Crippen MR) is 89.0 cm³/mol. The molecule has 0 saturated heterocycles. The van der Waals surface area contributed by atoms with Gasteiger partial charge in [0.1, 0.15) is 5.75 Å². The molecule has 1 aromatic carbocycles. The topological polar surface area (TPSA) is 120 Å². The second kappa shape index (κ2) is 7.09. The van der Waals surface area contributed by atoms with Gasteiger partial charge in [0, 0.05) is 6.07 Å². The van der Waals surface area contributed by atoms with Crippen LogP contribution in [0.4, 0.5) is 11.0 Å². The van der Waals surface area contributed by atoms with Crippen LogP contribution in [-0.4, -0.2) is 28.1 Å². The number of carbonyl (C=O) groups is 1. The molecule has 10 heteroatoms. The highest BCUT2D eigenvalue weighted by atomic mass is 32.1. The van der Waals surface area contributed by atoms with E-state index in [1.54, 1.807) is 7.11 Å². The van der Waals surface area contributed by atoms with E-state index in [1.165, 1.54) is 12.1 Å². The van der Waals surface area contributed by atoms with Gasteiger partial charge in [-0.25, -0.2) is 0 Å². The second-order valence-corrected chi connectivity index (χ2v) is 5.94. The molecule has 0 radical (unpaired) electrons. The fraction of sp³-hybridized carbons (Fsp3) is 0.133. The van der Waals surface area contributed by atoms with Crippen LogP contribution in [0.1, 0.15) is 21.1 Å². The molecule has 1 N–H and O–H groups in total. The number of benzene rings is 1. The van der Waals surface area contributed by atoms with Gasteiger partial charge in [-0.05, 0) is 23.8 Å². The van der Waals surface area contributed by atoms with Gasteiger partial charge in [-0.15, -0.1) is 5.10 Å². The zero-order chi connectivity index (χ0) is 17.8. The fourth-order valence-electron chi connectivity index (χ4n) is 2.00. The van der Waals surface area contributed by atoms with Crippen LogP contribution in [0.25, 0.3) is 0 Å². The van der Waals surface area contributed by atoms with Gasteiger partial charge in [0.15, 0.2) is 0 Å². The summed E-state index contributed by atoms with van der Waals surface area (Å²) < 4.78 is 10.5. The van der Waals surface area contributed by atoms with Gasteiger partial charge in [0.2, 0.25) is 5.89 Å². The van der Waals surface area contributed by atoms with Crippen molar-refractivity contribution in [3.63, 3.8) is 0 Å². The number of ether oxygens (including phenoxy) is 1. The quantitative estimate of drug-likeness (QED) is 0.530. The average Bonchev–Trinajstić information content (AvgIpc) is 3.25. The van der Waals surface area contributed by atoms with Gasteiger partial charge in [-0.2, -0.15) is 0 Å². The minimum Gasteiger partial charge on any atom is -0.497 e. The molecular formula is C15H12N4O5S. The number of rotatable bonds is 6. The van der Waals surface area contributed by atoms with Crippen LogP contribution >= 0.6 is 11.3 Å². The molecule has 128 valence electrons. The minimum atomic E-state index is -0.554. The molecule has 3 rings (SSSR count). The molecule has 0 atom stereocenters. The molecule has 1 amide bonds. The van der Waals surface area contributed by atoms with Crippen molar-refractivity contribution in [2.75, 3.05) is 12.4 Å². The van der Waals surface area contributed by atoms with E-state index in [9.17, 15) is 14.9 Å². The van der Waals surface area contributed by atoms with Gasteiger partial charge >= 0.3 is 11.0 Å². The molecule has 0 spiro atoms. The van der Waals surface area contributed by atoms with Gasteiger partial charge in [-0.3, -0.25) is 20.2 Å². The number of carbonyl (C=O) groups excluding carboxylic acids is 1. The highest BCUT2D eigenvalue weighted by molar-refractivity contribution is 7.17. The number of nitrogens with one attached hydrogen (secondary N) is 1. The van der Waals surface area contributed by atoms with Crippen LogP contribution in [0.2, 0.25) is 0 Å². The van der Waals surface area contributed by atoms with Crippen LogP contribution in [0, 0.1) is 10.1 Å². The standard InChI is InChI=1S/C15H12N4O5S/c1-23-10-4-2-9(3-5-10)8-12-17-18-15(24-12)16-14(20)11-6-7-13(25-11)19(21)22/h2-7H,8H2,1H3,(H,16,18,20). The molecule has 0 aliphatic rings. The average molecular weight is 360 g/mol. The van der Waals surface area contributed by atoms with E-state index < -0.39 is 10.8 Å². The first-order valence-electron chi connectivity index (χ1n) is 7.06. The Hall–Kier alpha value is -3.27. The lowest BCUT2D eigenvalue weighted by atomic mass is 10.1. The number of nitrogens with zero attached hydrogens (tertiary/aromatic N) is 3. The van der Waals surface area contributed by atoms with Crippen LogP contribution in [-0.2, 0) is 6.42 Å². The maximum absolute atomic E-state index is 12.0. The Labute approximate surface area is 145 Å². The van der Waals surface area contributed by atoms with Crippen molar-refractivity contribution < 1.29 is 18.9 Å². The Morgan fingerprint density at radius 3 is 2.68 bits per heavy atom. The second-order valence-electron chi connectivity index (χ2n) is 4.87. The number of hydrogen-bond acceptors (Lipinski definition) is 8. The Kier molecular flexibility index (Phi) is 4.70. The summed E-state index contributed by atoms with van der Waals surface area (Å²) in [6, 6.07) is 9.94. The Balaban J connectivity index is 1.64. The maximum Gasteiger partial charge on any atom is 0.324 e. The summed E-state index contributed by atoms with van der Waals surface area (Å²) >= 11 is 0.768. The fourth-order valence-corrected chi connectivity index (χ4v) is 2.72. The van der Waals surface area contributed by atoms with Crippen LogP contribution in [0.5, 0.6) is 5.75 Å². The van der Waals surface area contributed by atoms with Crippen molar-refractivity contribution >= 4 is 28.3 Å². The van der Waals surface area contributed by atoms with Crippen molar-refractivity contribution in [1.82, 2.24) is 10.2 Å². The van der Waals surface area contributed by atoms with Crippen molar-refractivity contribution in [1.29, 1.82) is 0 Å². The van der Waals surface area contributed by atoms with Gasteiger partial charge < -0.3 is 9.15 Å². The summed E-state index contributed by atoms with van der Waals surface area (Å²) in [4.78, 5) is 22.3. The normalized spacial score (nSPS) is 10.4. The maximum atomic E-state index is 12.0. The number of amides is 1. The third kappa shape index (κ3) is 3.98. The molecule has 9 nitrogen and oxygen atoms in total. The number of hydrogen-bond donors (Lipinski definition) is 1. The van der Waals surface area contributed by atoms with Crippen LogP contribution in [0.15, 0.2) is 40.8 Å². The largest absolute Gasteiger partial charge is 0.497 e. The molecule has 2 aromatic heterocycles. The third-order valence-electron chi connectivity index (χ3n) is 3.20. The number of aromatic nitrogens is 2. The summed E-state index contributed by atoms with van der Waals surface area (Å²) in [6.45, 7) is 0. The Morgan fingerprint density at radius 2 is 2.04 bits per heavy atom. The van der Waals surface area contributed by atoms with E-state index in [4.69, 9.17) is 9.15 Å². The van der Waals surface area contributed by atoms with E-state index >= 15 is 0 Å². The SMILES string of the molecule is COc1ccc(Cc2nnc(NC(=O)c3ccc([N+](=O)[O-])s3)o2)cc1. The van der Waals surface area contributed by atoms with E-state index in [0.717, 1.165) is 22.6 Å². The predicted octanol–water partition coefficient (Wildman–Crippen LogP) is 2.89. The van der Waals surface area contributed by atoms with Gasteiger partial charge in [-0.1, -0.05) is 28.6 Å². The number of methoxy groups -OCH3 is 1. The van der Waals surface area contributed by atoms with Gasteiger partial charge in [0.25, 0.3) is 5.91 Å². The van der Waals surface area contributed by atoms with Crippen LogP contribution < -0.4 is 10.1 Å². The summed E-state index contributed by atoms with van der Waals surface area (Å²) in [7, 11) is 1.59. The zero-order valence-electron chi connectivity index (χ0n) is 13.0. The molecule has 0 aliphatic carbocycles. The lowest BCUT2D eigenvalue weighted by Gasteiger charge is -2.00. The highest BCUT2D eigenvalue weighted by Crippen LogP contribution is 2.24. The highest BCUT2D eigenvalue weighted by Gasteiger charge is 2.17. The minimum absolute atomic E-state index is 0.0652. The summed E-state index contributed by atoms with van der Waals surface area (Å²) in [5.41, 5.74) is 0.941. The molecule has 0 saturated carbocycles. The van der Waals surface area contributed by atoms with E-state index in [-0.39, 0.29) is 15.9 Å². The summed E-state index contributed by atoms with van der Waals surface area (Å²) in [5, 5.41) is 20.6. The van der Waals surface area contributed by atoms with Crippen molar-refractivity contribution in [2.45, 2.75) is 6.42 Å². The molecule has 0 bridgehead atoms. The van der Waals surface area contributed by atoms with E-state index in [1.807, 2.05) is 24.3 Å². The smallest absolute Gasteiger partial charge is 0.324 e. The van der Waals surface area contributed by atoms with Crippen molar-refractivity contribution in [3.8, 4) is 5.75 Å². The summed E-state index contributed by atoms with van der Waals surface area (Å²) in [6.07, 6.45) is 0.400. The molecule has 3 aromatic rings. The number of nitro groups is 1. The number of anilines is 1. The molecule has 0 fully saturated rings. The Morgan fingerprint density at radius 1 is 1.28 bits per heavy atom. The van der Waals surface area contributed by atoms with E-state index in [2.05, 4.69) is 15.5 Å². The first-order valence-corrected chi connectivity index (χ1v) is 7.87. The van der Waals surface area contributed by atoms with Crippen molar-refractivity contribution in [3.05, 3.63) is 62.8 Å². The van der Waals surface area contributed by atoms with E-state index in [0.29, 0.717) is 12.3 Å². The monoisotopic (exact) mass is 360 g/mol. The molecule has 25 heavy (non-hydrogen) atoms. The number of thiophene rings is 1. The first-order chi connectivity index (χ1) is 12.0. The molecule has 2 heterocycles. The molecule has 0 unspecified atom stereocenters. The van der Waals surface area contributed by atoms with Gasteiger partial charge in [0.05, 0.1) is 23.3 Å². The van der Waals surface area contributed by atoms with Crippen molar-refractivity contribution in [2.24, 2.45) is 0 Å². The zero-order valence-corrected chi connectivity index (χ0v) is 13.8.